The highest BCUT2D eigenvalue weighted by Crippen LogP contribution is 2.16. The molecule has 0 N–H and O–H groups in total. The summed E-state index contributed by atoms with van der Waals surface area (Å²) in [5.41, 5.74) is 2.20. The smallest absolute Gasteiger partial charge is 0.0735 e. The standard InChI is InChI=1S/C14H13ClO/c15-14-9-5-4-8-13(14)11-16-10-12-6-2-1-3-7-12/h1-9H,10-11H2. The van der Waals surface area contributed by atoms with Crippen LogP contribution in [0, 0.1) is 0 Å². The molecule has 2 heteroatoms. The lowest BCUT2D eigenvalue weighted by Crippen LogP contribution is -1.94. The molecule has 0 spiro atoms. The largest absolute Gasteiger partial charge is 0.372 e. The van der Waals surface area contributed by atoms with E-state index < -0.39 is 0 Å². The Morgan fingerprint density at radius 1 is 0.812 bits per heavy atom. The van der Waals surface area contributed by atoms with Crippen LogP contribution in [0.4, 0.5) is 0 Å². The summed E-state index contributed by atoms with van der Waals surface area (Å²) < 4.78 is 5.60. The fraction of sp³-hybridized carbons (Fsp3) is 0.143. The van der Waals surface area contributed by atoms with E-state index in [1.807, 2.05) is 54.6 Å². The van der Waals surface area contributed by atoms with Crippen LogP contribution in [-0.4, -0.2) is 0 Å². The van der Waals surface area contributed by atoms with Crippen molar-refractivity contribution in [2.24, 2.45) is 0 Å². The maximum absolute atomic E-state index is 6.03. The Bertz CT molecular complexity index is 439. The molecule has 0 heterocycles. The molecule has 2 rings (SSSR count). The Labute approximate surface area is 101 Å². The first-order valence-corrected chi connectivity index (χ1v) is 5.59. The first-order chi connectivity index (χ1) is 7.86. The van der Waals surface area contributed by atoms with Gasteiger partial charge in [0.1, 0.15) is 0 Å². The van der Waals surface area contributed by atoms with E-state index in [1.54, 1.807) is 0 Å². The second kappa shape index (κ2) is 5.69. The Morgan fingerprint density at radius 2 is 1.50 bits per heavy atom. The molecular weight excluding hydrogens is 220 g/mol. The van der Waals surface area contributed by atoms with Crippen LogP contribution in [0.15, 0.2) is 54.6 Å². The highest BCUT2D eigenvalue weighted by molar-refractivity contribution is 6.31. The molecule has 16 heavy (non-hydrogen) atoms. The van der Waals surface area contributed by atoms with Crippen molar-refractivity contribution in [3.8, 4) is 0 Å². The summed E-state index contributed by atoms with van der Waals surface area (Å²) in [6.45, 7) is 1.17. The van der Waals surface area contributed by atoms with Crippen LogP contribution in [0.2, 0.25) is 5.02 Å². The van der Waals surface area contributed by atoms with Crippen molar-refractivity contribution in [1.29, 1.82) is 0 Å². The molecule has 0 bridgehead atoms. The third-order valence-electron chi connectivity index (χ3n) is 2.33. The highest BCUT2D eigenvalue weighted by Gasteiger charge is 1.98. The van der Waals surface area contributed by atoms with E-state index >= 15 is 0 Å². The summed E-state index contributed by atoms with van der Waals surface area (Å²) in [6.07, 6.45) is 0. The molecule has 0 aliphatic heterocycles. The summed E-state index contributed by atoms with van der Waals surface area (Å²) in [4.78, 5) is 0. The molecular formula is C14H13ClO. The van der Waals surface area contributed by atoms with Crippen LogP contribution >= 0.6 is 11.6 Å². The Balaban J connectivity index is 1.87. The number of ether oxygens (including phenoxy) is 1. The molecule has 0 amide bonds. The highest BCUT2D eigenvalue weighted by atomic mass is 35.5. The lowest BCUT2D eigenvalue weighted by atomic mass is 10.2. The molecule has 2 aromatic rings. The molecule has 0 unspecified atom stereocenters. The van der Waals surface area contributed by atoms with Gasteiger partial charge < -0.3 is 4.74 Å². The van der Waals surface area contributed by atoms with Crippen LogP contribution in [0.1, 0.15) is 11.1 Å². The van der Waals surface area contributed by atoms with Gasteiger partial charge in [-0.2, -0.15) is 0 Å². The quantitative estimate of drug-likeness (QED) is 0.773. The Kier molecular flexibility index (Phi) is 3.97. The van der Waals surface area contributed by atoms with E-state index in [4.69, 9.17) is 16.3 Å². The van der Waals surface area contributed by atoms with Gasteiger partial charge in [-0.05, 0) is 17.2 Å². The number of benzene rings is 2. The molecule has 0 aliphatic carbocycles. The van der Waals surface area contributed by atoms with Crippen LogP contribution in [-0.2, 0) is 18.0 Å². The van der Waals surface area contributed by atoms with Crippen molar-refractivity contribution in [1.82, 2.24) is 0 Å². The summed E-state index contributed by atoms with van der Waals surface area (Å²) in [5, 5.41) is 0.760. The fourth-order valence-electron chi connectivity index (χ4n) is 1.47. The first kappa shape index (κ1) is 11.2. The van der Waals surface area contributed by atoms with Crippen molar-refractivity contribution >= 4 is 11.6 Å². The van der Waals surface area contributed by atoms with Gasteiger partial charge in [-0.1, -0.05) is 60.1 Å². The molecule has 0 aromatic heterocycles. The normalized spacial score (nSPS) is 10.3. The molecule has 0 fully saturated rings. The third-order valence-corrected chi connectivity index (χ3v) is 2.70. The minimum absolute atomic E-state index is 0.550. The van der Waals surface area contributed by atoms with Crippen molar-refractivity contribution in [2.75, 3.05) is 0 Å². The summed E-state index contributed by atoms with van der Waals surface area (Å²) in [7, 11) is 0. The average Bonchev–Trinajstić information content (AvgIpc) is 2.33. The van der Waals surface area contributed by atoms with Crippen molar-refractivity contribution in [3.05, 3.63) is 70.7 Å². The molecule has 82 valence electrons. The van der Waals surface area contributed by atoms with Crippen LogP contribution in [0.5, 0.6) is 0 Å². The summed E-state index contributed by atoms with van der Waals surface area (Å²) >= 11 is 6.03. The van der Waals surface area contributed by atoms with Gasteiger partial charge in [-0.25, -0.2) is 0 Å². The molecule has 0 radical (unpaired) electrons. The summed E-state index contributed by atoms with van der Waals surface area (Å²) in [5.74, 6) is 0. The minimum atomic E-state index is 0.550. The number of hydrogen-bond acceptors (Lipinski definition) is 1. The average molecular weight is 233 g/mol. The maximum Gasteiger partial charge on any atom is 0.0735 e. The molecule has 2 aromatic carbocycles. The molecule has 0 aliphatic rings. The molecule has 0 saturated heterocycles. The van der Waals surface area contributed by atoms with Crippen molar-refractivity contribution in [3.63, 3.8) is 0 Å². The zero-order valence-corrected chi connectivity index (χ0v) is 9.65. The Hall–Kier alpha value is -1.31. The summed E-state index contributed by atoms with van der Waals surface area (Å²) in [6, 6.07) is 17.9. The van der Waals surface area contributed by atoms with E-state index in [-0.39, 0.29) is 0 Å². The van der Waals surface area contributed by atoms with E-state index in [0.717, 1.165) is 10.6 Å². The van der Waals surface area contributed by atoms with Crippen LogP contribution < -0.4 is 0 Å². The lowest BCUT2D eigenvalue weighted by Gasteiger charge is -2.05. The third kappa shape index (κ3) is 3.09. The fourth-order valence-corrected chi connectivity index (χ4v) is 1.66. The van der Waals surface area contributed by atoms with Gasteiger partial charge in [0, 0.05) is 5.02 Å². The van der Waals surface area contributed by atoms with Gasteiger partial charge >= 0.3 is 0 Å². The predicted octanol–water partition coefficient (Wildman–Crippen LogP) is 4.06. The molecule has 0 atom stereocenters. The molecule has 0 saturated carbocycles. The number of rotatable bonds is 4. The Morgan fingerprint density at radius 3 is 2.25 bits per heavy atom. The topological polar surface area (TPSA) is 9.23 Å². The monoisotopic (exact) mass is 232 g/mol. The number of halogens is 1. The first-order valence-electron chi connectivity index (χ1n) is 5.21. The van der Waals surface area contributed by atoms with Crippen LogP contribution in [0.25, 0.3) is 0 Å². The van der Waals surface area contributed by atoms with E-state index in [9.17, 15) is 0 Å². The minimum Gasteiger partial charge on any atom is -0.372 e. The zero-order valence-electron chi connectivity index (χ0n) is 8.90. The van der Waals surface area contributed by atoms with Crippen molar-refractivity contribution in [2.45, 2.75) is 13.2 Å². The zero-order chi connectivity index (χ0) is 11.2. The van der Waals surface area contributed by atoms with Gasteiger partial charge in [0.15, 0.2) is 0 Å². The SMILES string of the molecule is Clc1ccccc1COCc1ccccc1. The lowest BCUT2D eigenvalue weighted by molar-refractivity contribution is 0.107. The predicted molar refractivity (Wildman–Crippen MR) is 66.4 cm³/mol. The van der Waals surface area contributed by atoms with Gasteiger partial charge in [0.25, 0.3) is 0 Å². The molecule has 1 nitrogen and oxygen atoms in total. The van der Waals surface area contributed by atoms with E-state index in [0.29, 0.717) is 13.2 Å². The number of hydrogen-bond donors (Lipinski definition) is 0. The second-order valence-corrected chi connectivity index (χ2v) is 3.98. The van der Waals surface area contributed by atoms with E-state index in [1.165, 1.54) is 5.56 Å². The van der Waals surface area contributed by atoms with Gasteiger partial charge in [-0.15, -0.1) is 0 Å². The van der Waals surface area contributed by atoms with Crippen molar-refractivity contribution < 1.29 is 4.74 Å². The van der Waals surface area contributed by atoms with Gasteiger partial charge in [-0.3, -0.25) is 0 Å². The van der Waals surface area contributed by atoms with Gasteiger partial charge in [0.05, 0.1) is 13.2 Å². The van der Waals surface area contributed by atoms with Gasteiger partial charge in [0.2, 0.25) is 0 Å². The maximum atomic E-state index is 6.03. The van der Waals surface area contributed by atoms with E-state index in [2.05, 4.69) is 0 Å². The van der Waals surface area contributed by atoms with Crippen LogP contribution in [0.3, 0.4) is 0 Å². The second-order valence-electron chi connectivity index (χ2n) is 3.57.